The number of hydrogen-bond acceptors (Lipinski definition) is 5. The quantitative estimate of drug-likeness (QED) is 0.532. The second-order valence-corrected chi connectivity index (χ2v) is 8.57. The lowest BCUT2D eigenvalue weighted by Gasteiger charge is -2.37. The van der Waals surface area contributed by atoms with Gasteiger partial charge in [0, 0.05) is 52.4 Å². The molecule has 7 heteroatoms. The Morgan fingerprint density at radius 2 is 2.00 bits per heavy atom. The number of amides is 2. The Labute approximate surface area is 198 Å². The number of carbonyl (C=O) groups excluding carboxylic acids is 1. The first-order valence-electron chi connectivity index (χ1n) is 11.9. The van der Waals surface area contributed by atoms with E-state index in [0.29, 0.717) is 32.6 Å². The predicted molar refractivity (Wildman–Crippen MR) is 134 cm³/mol. The van der Waals surface area contributed by atoms with Crippen molar-refractivity contribution < 1.29 is 14.6 Å². The Kier molecular flexibility index (Phi) is 9.39. The Hall–Kier alpha value is -2.77. The van der Waals surface area contributed by atoms with Gasteiger partial charge >= 0.3 is 6.03 Å². The summed E-state index contributed by atoms with van der Waals surface area (Å²) >= 11 is 0. The van der Waals surface area contributed by atoms with E-state index in [1.807, 2.05) is 35.3 Å². The molecule has 1 fully saturated rings. The summed E-state index contributed by atoms with van der Waals surface area (Å²) < 4.78 is 5.48. The van der Waals surface area contributed by atoms with Crippen LogP contribution in [0.2, 0.25) is 0 Å². The topological polar surface area (TPSA) is 68.3 Å². The Bertz CT molecular complexity index is 859. The number of urea groups is 1. The van der Waals surface area contributed by atoms with Gasteiger partial charge < -0.3 is 25.0 Å². The molecule has 1 saturated heterocycles. The fraction of sp³-hybridized carbons (Fsp3) is 0.500. The van der Waals surface area contributed by atoms with Crippen molar-refractivity contribution in [3.8, 4) is 5.75 Å². The average molecular weight is 455 g/mol. The van der Waals surface area contributed by atoms with Crippen molar-refractivity contribution in [3.63, 3.8) is 0 Å². The lowest BCUT2D eigenvalue weighted by atomic mass is 10.1. The van der Waals surface area contributed by atoms with Crippen LogP contribution in [0.25, 0.3) is 0 Å². The molecule has 1 aromatic carbocycles. The number of para-hydroxylation sites is 2. The van der Waals surface area contributed by atoms with E-state index in [0.717, 1.165) is 44.0 Å². The average Bonchev–Trinajstić information content (AvgIpc) is 3.26. The second-order valence-electron chi connectivity index (χ2n) is 8.57. The maximum atomic E-state index is 12.6. The smallest absolute Gasteiger partial charge is 0.317 e. The zero-order chi connectivity index (χ0) is 23.6. The van der Waals surface area contributed by atoms with E-state index in [4.69, 9.17) is 4.74 Å². The Morgan fingerprint density at radius 3 is 2.70 bits per heavy atom. The summed E-state index contributed by atoms with van der Waals surface area (Å²) in [6, 6.07) is 8.02. The van der Waals surface area contributed by atoms with Gasteiger partial charge in [0.05, 0.1) is 18.9 Å². The number of nitrogens with one attached hydrogen (secondary N) is 1. The molecule has 33 heavy (non-hydrogen) atoms. The van der Waals surface area contributed by atoms with E-state index in [1.54, 1.807) is 13.2 Å². The number of anilines is 1. The van der Waals surface area contributed by atoms with Crippen molar-refractivity contribution in [1.82, 2.24) is 15.1 Å². The summed E-state index contributed by atoms with van der Waals surface area (Å²) in [6.45, 7) is 11.8. The molecule has 2 heterocycles. The van der Waals surface area contributed by atoms with Gasteiger partial charge in [-0.1, -0.05) is 43.9 Å². The number of hydrogen-bond donors (Lipinski definition) is 2. The lowest BCUT2D eigenvalue weighted by molar-refractivity contribution is 0.102. The van der Waals surface area contributed by atoms with Crippen LogP contribution in [0.1, 0.15) is 19.8 Å². The maximum absolute atomic E-state index is 12.6. The molecule has 0 aromatic heterocycles. The predicted octanol–water partition coefficient (Wildman–Crippen LogP) is 3.04. The highest BCUT2D eigenvalue weighted by atomic mass is 16.5. The van der Waals surface area contributed by atoms with Crippen molar-refractivity contribution in [2.24, 2.45) is 0 Å². The van der Waals surface area contributed by atoms with Crippen LogP contribution in [0.3, 0.4) is 0 Å². The van der Waals surface area contributed by atoms with Crippen molar-refractivity contribution in [2.75, 3.05) is 64.4 Å². The third-order valence-electron chi connectivity index (χ3n) is 6.37. The minimum absolute atomic E-state index is 0.0689. The number of ether oxygens (including phenoxy) is 1. The minimum atomic E-state index is -0.461. The SMILES string of the molecule is C=C/C=C\C1=C(CC)CN(C(=O)NCCC(O)CN2CCN(c3ccccc3OC)CC2)C1. The first-order chi connectivity index (χ1) is 16.0. The molecule has 1 unspecified atom stereocenters. The van der Waals surface area contributed by atoms with E-state index in [1.165, 1.54) is 11.1 Å². The number of nitrogens with zero attached hydrogens (tertiary/aromatic N) is 3. The fourth-order valence-corrected chi connectivity index (χ4v) is 4.45. The highest BCUT2D eigenvalue weighted by Gasteiger charge is 2.24. The molecule has 0 spiro atoms. The van der Waals surface area contributed by atoms with Crippen LogP contribution in [0, 0.1) is 0 Å². The first-order valence-corrected chi connectivity index (χ1v) is 11.9. The summed E-state index contributed by atoms with van der Waals surface area (Å²) in [5.74, 6) is 0.893. The number of piperazine rings is 1. The monoisotopic (exact) mass is 454 g/mol. The number of carbonyl (C=O) groups is 1. The molecule has 2 amide bonds. The zero-order valence-corrected chi connectivity index (χ0v) is 20.0. The molecule has 0 aliphatic carbocycles. The van der Waals surface area contributed by atoms with Gasteiger partial charge in [0.25, 0.3) is 0 Å². The summed E-state index contributed by atoms with van der Waals surface area (Å²) in [5, 5.41) is 13.5. The molecule has 0 bridgehead atoms. The molecular weight excluding hydrogens is 416 g/mol. The van der Waals surface area contributed by atoms with Crippen LogP contribution in [-0.2, 0) is 0 Å². The van der Waals surface area contributed by atoms with Crippen molar-refractivity contribution >= 4 is 11.7 Å². The largest absolute Gasteiger partial charge is 0.495 e. The molecule has 1 atom stereocenters. The minimum Gasteiger partial charge on any atom is -0.495 e. The zero-order valence-electron chi connectivity index (χ0n) is 20.0. The van der Waals surface area contributed by atoms with E-state index >= 15 is 0 Å². The third-order valence-corrected chi connectivity index (χ3v) is 6.37. The Balaban J connectivity index is 1.36. The van der Waals surface area contributed by atoms with Crippen LogP contribution in [0.5, 0.6) is 5.75 Å². The van der Waals surface area contributed by atoms with Gasteiger partial charge in [0.15, 0.2) is 0 Å². The number of benzene rings is 1. The first kappa shape index (κ1) is 24.9. The number of allylic oxidation sites excluding steroid dienone is 2. The molecule has 1 aromatic rings. The number of β-amino-alcohol motifs (C(OH)–C–C–N with tert-alkyl or cyclic N) is 1. The summed E-state index contributed by atoms with van der Waals surface area (Å²) in [5.41, 5.74) is 3.60. The standard InChI is InChI=1S/C26H38N4O3/c1-4-6-9-22-19-30(18-21(22)5-2)26(32)27-13-12-23(31)20-28-14-16-29(17-15-28)24-10-7-8-11-25(24)33-3/h4,6-11,23,31H,1,5,12-20H2,2-3H3,(H,27,32)/b9-6-. The third kappa shape index (κ3) is 6.85. The normalized spacial score (nSPS) is 18.2. The molecule has 2 N–H and O–H groups in total. The number of aliphatic hydroxyl groups excluding tert-OH is 1. The van der Waals surface area contributed by atoms with Crippen LogP contribution in [0.4, 0.5) is 10.5 Å². The van der Waals surface area contributed by atoms with Gasteiger partial charge in [-0.3, -0.25) is 4.90 Å². The molecular formula is C26H38N4O3. The van der Waals surface area contributed by atoms with E-state index in [2.05, 4.69) is 34.7 Å². The van der Waals surface area contributed by atoms with Crippen LogP contribution < -0.4 is 15.0 Å². The highest BCUT2D eigenvalue weighted by molar-refractivity contribution is 5.75. The van der Waals surface area contributed by atoms with Crippen LogP contribution >= 0.6 is 0 Å². The van der Waals surface area contributed by atoms with Gasteiger partial charge in [-0.15, -0.1) is 0 Å². The second kappa shape index (κ2) is 12.5. The van der Waals surface area contributed by atoms with Crippen LogP contribution in [0.15, 0.2) is 60.2 Å². The van der Waals surface area contributed by atoms with Gasteiger partial charge in [-0.25, -0.2) is 4.79 Å². The van der Waals surface area contributed by atoms with E-state index in [9.17, 15) is 9.90 Å². The van der Waals surface area contributed by atoms with Crippen molar-refractivity contribution in [2.45, 2.75) is 25.9 Å². The van der Waals surface area contributed by atoms with E-state index < -0.39 is 6.10 Å². The van der Waals surface area contributed by atoms with Gasteiger partial charge in [0.1, 0.15) is 5.75 Å². The van der Waals surface area contributed by atoms with Crippen LogP contribution in [-0.4, -0.2) is 86.5 Å². The number of aliphatic hydroxyl groups is 1. The van der Waals surface area contributed by atoms with E-state index in [-0.39, 0.29) is 6.03 Å². The molecule has 0 radical (unpaired) electrons. The summed E-state index contributed by atoms with van der Waals surface area (Å²) in [6.07, 6.45) is 6.72. The van der Waals surface area contributed by atoms with Gasteiger partial charge in [0.2, 0.25) is 0 Å². The maximum Gasteiger partial charge on any atom is 0.317 e. The molecule has 2 aliphatic rings. The molecule has 180 valence electrons. The summed E-state index contributed by atoms with van der Waals surface area (Å²) in [4.78, 5) is 19.0. The highest BCUT2D eigenvalue weighted by Crippen LogP contribution is 2.28. The number of methoxy groups -OCH3 is 1. The summed E-state index contributed by atoms with van der Waals surface area (Å²) in [7, 11) is 1.70. The Morgan fingerprint density at radius 1 is 1.24 bits per heavy atom. The fourth-order valence-electron chi connectivity index (χ4n) is 4.45. The molecule has 7 nitrogen and oxygen atoms in total. The lowest BCUT2D eigenvalue weighted by Crippen LogP contribution is -2.49. The van der Waals surface area contributed by atoms with Crippen molar-refractivity contribution in [1.29, 1.82) is 0 Å². The molecule has 3 rings (SSSR count). The molecule has 2 aliphatic heterocycles. The molecule has 0 saturated carbocycles. The van der Waals surface area contributed by atoms with Gasteiger partial charge in [-0.05, 0) is 36.1 Å². The van der Waals surface area contributed by atoms with Crippen molar-refractivity contribution in [3.05, 3.63) is 60.2 Å². The number of rotatable bonds is 10. The van der Waals surface area contributed by atoms with Gasteiger partial charge in [-0.2, -0.15) is 0 Å².